The van der Waals surface area contributed by atoms with E-state index in [2.05, 4.69) is 30.3 Å². The van der Waals surface area contributed by atoms with Crippen LogP contribution in [0, 0.1) is 5.92 Å². The highest BCUT2D eigenvalue weighted by atomic mass is 32.2. The third-order valence-corrected chi connectivity index (χ3v) is 5.00. The zero-order valence-corrected chi connectivity index (χ0v) is 11.8. The van der Waals surface area contributed by atoms with Gasteiger partial charge in [-0.1, -0.05) is 6.92 Å². The van der Waals surface area contributed by atoms with Gasteiger partial charge in [0.25, 0.3) is 0 Å². The molecule has 1 saturated heterocycles. The highest BCUT2D eigenvalue weighted by Gasteiger charge is 2.44. The molecule has 0 aromatic heterocycles. The number of thioether (sulfide) groups is 1. The van der Waals surface area contributed by atoms with Crippen molar-refractivity contribution in [1.29, 1.82) is 0 Å². The first-order valence-electron chi connectivity index (χ1n) is 6.67. The van der Waals surface area contributed by atoms with Gasteiger partial charge in [0.05, 0.1) is 0 Å². The van der Waals surface area contributed by atoms with Gasteiger partial charge in [0.15, 0.2) is 0 Å². The molecule has 16 heavy (non-hydrogen) atoms. The maximum absolute atomic E-state index is 3.76. The Morgan fingerprint density at radius 3 is 2.81 bits per heavy atom. The van der Waals surface area contributed by atoms with Crippen molar-refractivity contribution in [2.45, 2.75) is 44.7 Å². The molecule has 2 aliphatic rings. The molecule has 0 radical (unpaired) electrons. The second-order valence-corrected chi connectivity index (χ2v) is 6.52. The highest BCUT2D eigenvalue weighted by Crippen LogP contribution is 2.41. The van der Waals surface area contributed by atoms with Crippen molar-refractivity contribution >= 4 is 11.8 Å². The van der Waals surface area contributed by atoms with E-state index in [0.717, 1.165) is 12.0 Å². The first-order chi connectivity index (χ1) is 7.69. The number of rotatable bonds is 5. The minimum atomic E-state index is 0.407. The smallest absolute Gasteiger partial charge is 0.0309 e. The van der Waals surface area contributed by atoms with Crippen LogP contribution in [-0.2, 0) is 0 Å². The maximum Gasteiger partial charge on any atom is 0.0309 e. The monoisotopic (exact) mass is 242 g/mol. The van der Waals surface area contributed by atoms with Crippen LogP contribution < -0.4 is 5.32 Å². The topological polar surface area (TPSA) is 15.3 Å². The Morgan fingerprint density at radius 1 is 1.50 bits per heavy atom. The van der Waals surface area contributed by atoms with Gasteiger partial charge in [0.2, 0.25) is 0 Å². The summed E-state index contributed by atoms with van der Waals surface area (Å²) in [5.41, 5.74) is 0.407. The molecular formula is C13H26N2S. The van der Waals surface area contributed by atoms with Crippen LogP contribution in [0.2, 0.25) is 0 Å². The second-order valence-electron chi connectivity index (χ2n) is 5.61. The van der Waals surface area contributed by atoms with Crippen molar-refractivity contribution in [2.75, 3.05) is 31.6 Å². The minimum Gasteiger partial charge on any atom is -0.309 e. The number of piperazine rings is 1. The van der Waals surface area contributed by atoms with Gasteiger partial charge in [0.1, 0.15) is 0 Å². The van der Waals surface area contributed by atoms with Crippen LogP contribution in [0.15, 0.2) is 0 Å². The van der Waals surface area contributed by atoms with E-state index in [1.807, 2.05) is 11.8 Å². The van der Waals surface area contributed by atoms with Crippen molar-refractivity contribution in [3.8, 4) is 0 Å². The molecule has 94 valence electrons. The van der Waals surface area contributed by atoms with Crippen LogP contribution in [0.25, 0.3) is 0 Å². The molecule has 1 heterocycles. The summed E-state index contributed by atoms with van der Waals surface area (Å²) in [6, 6.07) is 0.787. The van der Waals surface area contributed by atoms with Crippen molar-refractivity contribution in [2.24, 2.45) is 5.92 Å². The molecule has 0 spiro atoms. The number of nitrogens with one attached hydrogen (secondary N) is 1. The van der Waals surface area contributed by atoms with Gasteiger partial charge < -0.3 is 5.32 Å². The lowest BCUT2D eigenvalue weighted by Gasteiger charge is -2.45. The second kappa shape index (κ2) is 5.28. The van der Waals surface area contributed by atoms with Gasteiger partial charge >= 0.3 is 0 Å². The molecule has 1 aliphatic heterocycles. The lowest BCUT2D eigenvalue weighted by atomic mass is 9.92. The van der Waals surface area contributed by atoms with Gasteiger partial charge in [-0.2, -0.15) is 11.8 Å². The van der Waals surface area contributed by atoms with Gasteiger partial charge in [-0.25, -0.2) is 0 Å². The van der Waals surface area contributed by atoms with Gasteiger partial charge in [0, 0.05) is 37.0 Å². The Hall–Kier alpha value is 0.270. The van der Waals surface area contributed by atoms with E-state index >= 15 is 0 Å². The molecule has 2 rings (SSSR count). The molecule has 1 aliphatic carbocycles. The number of hydrogen-bond acceptors (Lipinski definition) is 3. The van der Waals surface area contributed by atoms with Crippen molar-refractivity contribution in [1.82, 2.24) is 10.2 Å². The molecule has 0 aromatic rings. The minimum absolute atomic E-state index is 0.407. The van der Waals surface area contributed by atoms with E-state index in [-0.39, 0.29) is 0 Å². The zero-order valence-electron chi connectivity index (χ0n) is 11.0. The van der Waals surface area contributed by atoms with Crippen molar-refractivity contribution in [3.05, 3.63) is 0 Å². The summed E-state index contributed by atoms with van der Waals surface area (Å²) in [5, 5.41) is 3.76. The Balaban J connectivity index is 1.94. The first kappa shape index (κ1) is 12.7. The average Bonchev–Trinajstić information content (AvgIpc) is 3.10. The summed E-state index contributed by atoms with van der Waals surface area (Å²) in [7, 11) is 0. The fraction of sp³-hybridized carbons (Fsp3) is 1.00. The number of hydrogen-bond donors (Lipinski definition) is 1. The Morgan fingerprint density at radius 2 is 2.25 bits per heavy atom. The van der Waals surface area contributed by atoms with Crippen molar-refractivity contribution < 1.29 is 0 Å². The Kier molecular flexibility index (Phi) is 4.20. The zero-order chi connectivity index (χ0) is 11.6. The Labute approximate surface area is 105 Å². The van der Waals surface area contributed by atoms with Crippen LogP contribution in [0.3, 0.4) is 0 Å². The van der Waals surface area contributed by atoms with E-state index < -0.39 is 0 Å². The third kappa shape index (κ3) is 2.74. The highest BCUT2D eigenvalue weighted by molar-refractivity contribution is 7.98. The summed E-state index contributed by atoms with van der Waals surface area (Å²) in [5.74, 6) is 2.24. The number of nitrogens with zero attached hydrogens (tertiary/aromatic N) is 1. The molecule has 0 amide bonds. The molecule has 0 bridgehead atoms. The van der Waals surface area contributed by atoms with Crippen LogP contribution in [0.5, 0.6) is 0 Å². The van der Waals surface area contributed by atoms with Crippen molar-refractivity contribution in [3.63, 3.8) is 0 Å². The van der Waals surface area contributed by atoms with E-state index in [9.17, 15) is 0 Å². The largest absolute Gasteiger partial charge is 0.309 e. The molecule has 0 aromatic carbocycles. The van der Waals surface area contributed by atoms with Gasteiger partial charge in [-0.15, -0.1) is 0 Å². The molecular weight excluding hydrogens is 216 g/mol. The SMILES string of the molecule is CCC(CSC)N1CCNC(C)(C2CC2)C1. The lowest BCUT2D eigenvalue weighted by Crippen LogP contribution is -2.62. The molecule has 1 saturated carbocycles. The van der Waals surface area contributed by atoms with Gasteiger partial charge in [-0.05, 0) is 38.4 Å². The first-order valence-corrected chi connectivity index (χ1v) is 8.07. The van der Waals surface area contributed by atoms with E-state index in [4.69, 9.17) is 0 Å². The summed E-state index contributed by atoms with van der Waals surface area (Å²) < 4.78 is 0. The van der Waals surface area contributed by atoms with E-state index in [1.54, 1.807) is 0 Å². The van der Waals surface area contributed by atoms with Crippen LogP contribution in [-0.4, -0.2) is 48.1 Å². The van der Waals surface area contributed by atoms with Crippen LogP contribution in [0.1, 0.15) is 33.1 Å². The summed E-state index contributed by atoms with van der Waals surface area (Å²) in [6.07, 6.45) is 6.40. The predicted octanol–water partition coefficient (Wildman–Crippen LogP) is 2.20. The predicted molar refractivity (Wildman–Crippen MR) is 73.2 cm³/mol. The fourth-order valence-electron chi connectivity index (χ4n) is 3.02. The summed E-state index contributed by atoms with van der Waals surface area (Å²) >= 11 is 1.99. The quantitative estimate of drug-likeness (QED) is 0.796. The van der Waals surface area contributed by atoms with Crippen LogP contribution >= 0.6 is 11.8 Å². The normalized spacial score (nSPS) is 33.9. The molecule has 2 unspecified atom stereocenters. The molecule has 1 N–H and O–H groups in total. The summed E-state index contributed by atoms with van der Waals surface area (Å²) in [6.45, 7) is 8.44. The lowest BCUT2D eigenvalue weighted by molar-refractivity contribution is 0.0948. The van der Waals surface area contributed by atoms with Gasteiger partial charge in [-0.3, -0.25) is 4.90 Å². The standard InChI is InChI=1S/C13H26N2S/c1-4-12(9-16-3)15-8-7-14-13(2,10-15)11-5-6-11/h11-12,14H,4-10H2,1-3H3. The molecule has 2 nitrogen and oxygen atoms in total. The molecule has 2 fully saturated rings. The maximum atomic E-state index is 3.76. The molecule has 2 atom stereocenters. The average molecular weight is 242 g/mol. The third-order valence-electron chi connectivity index (χ3n) is 4.28. The molecule has 3 heteroatoms. The Bertz CT molecular complexity index is 230. The van der Waals surface area contributed by atoms with Crippen LogP contribution in [0.4, 0.5) is 0 Å². The van der Waals surface area contributed by atoms with E-state index in [0.29, 0.717) is 5.54 Å². The summed E-state index contributed by atoms with van der Waals surface area (Å²) in [4.78, 5) is 2.73. The fourth-order valence-corrected chi connectivity index (χ4v) is 3.85. The van der Waals surface area contributed by atoms with E-state index in [1.165, 1.54) is 44.6 Å².